The third-order valence-electron chi connectivity index (χ3n) is 5.66. The molecule has 0 radical (unpaired) electrons. The van der Waals surface area contributed by atoms with Gasteiger partial charge in [0, 0.05) is 40.3 Å². The smallest absolute Gasteiger partial charge is 0.280 e. The molecule has 0 saturated carbocycles. The van der Waals surface area contributed by atoms with E-state index in [4.69, 9.17) is 16.3 Å². The van der Waals surface area contributed by atoms with Crippen molar-refractivity contribution in [3.8, 4) is 0 Å². The highest BCUT2D eigenvalue weighted by Gasteiger charge is 2.32. The Morgan fingerprint density at radius 2 is 2.00 bits per heavy atom. The van der Waals surface area contributed by atoms with Crippen LogP contribution < -0.4 is 10.6 Å². The summed E-state index contributed by atoms with van der Waals surface area (Å²) >= 11 is 7.46. The first-order valence-electron chi connectivity index (χ1n) is 10.1. The summed E-state index contributed by atoms with van der Waals surface area (Å²) in [6.07, 6.45) is 0.858. The van der Waals surface area contributed by atoms with Gasteiger partial charge in [-0.15, -0.1) is 11.3 Å². The van der Waals surface area contributed by atoms with Gasteiger partial charge < -0.3 is 25.3 Å². The van der Waals surface area contributed by atoms with E-state index in [2.05, 4.69) is 32.5 Å². The number of thiazole rings is 1. The number of hydrogen-bond donors (Lipinski definition) is 3. The summed E-state index contributed by atoms with van der Waals surface area (Å²) in [6, 6.07) is 6.52. The van der Waals surface area contributed by atoms with Crippen LogP contribution in [0.2, 0.25) is 5.02 Å². The number of fused-ring (bicyclic) bond motifs is 2. The minimum absolute atomic E-state index is 0.225. The number of nitrogens with one attached hydrogen (secondary N) is 3. The Kier molecular flexibility index (Phi) is 5.43. The van der Waals surface area contributed by atoms with E-state index in [1.807, 2.05) is 6.07 Å². The summed E-state index contributed by atoms with van der Waals surface area (Å²) < 4.78 is 5.53. The summed E-state index contributed by atoms with van der Waals surface area (Å²) in [7, 11) is 2.06. The number of benzene rings is 1. The molecule has 1 fully saturated rings. The SMILES string of the molecule is CN1CCc2nc(C(=O)N[C@H]3COC[C@H]3NC(=O)c3cc4cc(Cl)ccc4[nH]3)sc2C1. The first-order chi connectivity index (χ1) is 15.0. The van der Waals surface area contributed by atoms with Crippen LogP contribution in [0.4, 0.5) is 0 Å². The number of halogens is 1. The molecule has 2 aromatic heterocycles. The Labute approximate surface area is 187 Å². The number of H-pyrrole nitrogens is 1. The standard InChI is InChI=1S/C21H22ClN5O3S/c1-27-5-4-14-18(8-27)31-21(26-14)20(29)25-17-10-30-9-16(17)24-19(28)15-7-11-6-12(22)2-3-13(11)23-15/h2-3,6-7,16-17,23H,4-5,8-10H2,1H3,(H,24,28)(H,25,29)/t16-,17+/m1/s1. The van der Waals surface area contributed by atoms with Crippen LogP contribution in [0.25, 0.3) is 10.9 Å². The Morgan fingerprint density at radius 1 is 1.23 bits per heavy atom. The van der Waals surface area contributed by atoms with Crippen LogP contribution in [0.1, 0.15) is 30.9 Å². The highest BCUT2D eigenvalue weighted by Crippen LogP contribution is 2.25. The van der Waals surface area contributed by atoms with E-state index in [1.54, 1.807) is 18.2 Å². The number of nitrogens with zero attached hydrogens (tertiary/aromatic N) is 2. The van der Waals surface area contributed by atoms with Gasteiger partial charge in [0.25, 0.3) is 11.8 Å². The van der Waals surface area contributed by atoms with Gasteiger partial charge in [-0.05, 0) is 31.3 Å². The van der Waals surface area contributed by atoms with Crippen LogP contribution in [0, 0.1) is 0 Å². The van der Waals surface area contributed by atoms with E-state index in [0.717, 1.165) is 41.0 Å². The second kappa shape index (κ2) is 8.23. The number of hydrogen-bond acceptors (Lipinski definition) is 6. The maximum atomic E-state index is 12.8. The summed E-state index contributed by atoms with van der Waals surface area (Å²) in [6.45, 7) is 2.44. The van der Waals surface area contributed by atoms with Crippen molar-refractivity contribution in [2.45, 2.75) is 25.0 Å². The van der Waals surface area contributed by atoms with Gasteiger partial charge in [-0.1, -0.05) is 11.6 Å². The summed E-state index contributed by atoms with van der Waals surface area (Å²) in [5.74, 6) is -0.480. The molecule has 31 heavy (non-hydrogen) atoms. The molecule has 3 N–H and O–H groups in total. The van der Waals surface area contributed by atoms with Crippen molar-refractivity contribution in [2.75, 3.05) is 26.8 Å². The Morgan fingerprint density at radius 3 is 2.81 bits per heavy atom. The van der Waals surface area contributed by atoms with Crippen molar-refractivity contribution in [3.63, 3.8) is 0 Å². The number of carbonyl (C=O) groups is 2. The molecule has 5 rings (SSSR count). The number of aromatic nitrogens is 2. The lowest BCUT2D eigenvalue weighted by molar-refractivity contribution is 0.0894. The van der Waals surface area contributed by atoms with Gasteiger partial charge in [0.2, 0.25) is 0 Å². The molecule has 162 valence electrons. The molecule has 1 saturated heterocycles. The normalized spacial score (nSPS) is 21.2. The lowest BCUT2D eigenvalue weighted by Gasteiger charge is -2.20. The van der Waals surface area contributed by atoms with Crippen LogP contribution in [0.15, 0.2) is 24.3 Å². The molecular formula is C21H22ClN5O3S. The van der Waals surface area contributed by atoms with Crippen molar-refractivity contribution in [1.29, 1.82) is 0 Å². The minimum Gasteiger partial charge on any atom is -0.377 e. The molecule has 0 spiro atoms. The third-order valence-corrected chi connectivity index (χ3v) is 6.97. The first kappa shape index (κ1) is 20.4. The zero-order valence-corrected chi connectivity index (χ0v) is 18.5. The molecule has 2 atom stereocenters. The van der Waals surface area contributed by atoms with Crippen LogP contribution in [-0.4, -0.2) is 65.6 Å². The van der Waals surface area contributed by atoms with Gasteiger partial charge in [-0.25, -0.2) is 4.98 Å². The number of carbonyl (C=O) groups excluding carboxylic acids is 2. The summed E-state index contributed by atoms with van der Waals surface area (Å²) in [4.78, 5) is 36.5. The first-order valence-corrected chi connectivity index (χ1v) is 11.3. The largest absolute Gasteiger partial charge is 0.377 e. The predicted molar refractivity (Wildman–Crippen MR) is 119 cm³/mol. The molecule has 3 aromatic rings. The Balaban J connectivity index is 1.25. The molecule has 4 heterocycles. The van der Waals surface area contributed by atoms with Gasteiger partial charge in [0.1, 0.15) is 5.69 Å². The highest BCUT2D eigenvalue weighted by atomic mass is 35.5. The number of amides is 2. The molecule has 0 aliphatic carbocycles. The van der Waals surface area contributed by atoms with E-state index < -0.39 is 0 Å². The minimum atomic E-state index is -0.327. The molecule has 0 unspecified atom stereocenters. The number of likely N-dealkylation sites (N-methyl/N-ethyl adjacent to an activating group) is 1. The maximum absolute atomic E-state index is 12.8. The number of rotatable bonds is 4. The second-order valence-corrected chi connectivity index (χ2v) is 9.51. The van der Waals surface area contributed by atoms with Crippen molar-refractivity contribution in [2.24, 2.45) is 0 Å². The van der Waals surface area contributed by atoms with Crippen molar-refractivity contribution >= 4 is 45.7 Å². The topological polar surface area (TPSA) is 99.3 Å². The highest BCUT2D eigenvalue weighted by molar-refractivity contribution is 7.13. The molecule has 2 aliphatic rings. The zero-order chi connectivity index (χ0) is 21.5. The van der Waals surface area contributed by atoms with Gasteiger partial charge in [0.05, 0.1) is 31.0 Å². The quantitative estimate of drug-likeness (QED) is 0.555. The average molecular weight is 460 g/mol. The van der Waals surface area contributed by atoms with E-state index in [0.29, 0.717) is 28.9 Å². The van der Waals surface area contributed by atoms with E-state index in [1.165, 1.54) is 11.3 Å². The monoisotopic (exact) mass is 459 g/mol. The lowest BCUT2D eigenvalue weighted by Crippen LogP contribution is -2.51. The van der Waals surface area contributed by atoms with Crippen molar-refractivity contribution in [1.82, 2.24) is 25.5 Å². The van der Waals surface area contributed by atoms with Gasteiger partial charge in [-0.3, -0.25) is 9.59 Å². The van der Waals surface area contributed by atoms with E-state index in [-0.39, 0.29) is 23.9 Å². The molecule has 10 heteroatoms. The predicted octanol–water partition coefficient (Wildman–Crippen LogP) is 2.19. The summed E-state index contributed by atoms with van der Waals surface area (Å²) in [5.41, 5.74) is 2.28. The molecule has 1 aromatic carbocycles. The molecule has 2 aliphatic heterocycles. The fourth-order valence-electron chi connectivity index (χ4n) is 3.96. The second-order valence-electron chi connectivity index (χ2n) is 7.99. The average Bonchev–Trinajstić information content (AvgIpc) is 3.45. The van der Waals surface area contributed by atoms with Crippen molar-refractivity contribution in [3.05, 3.63) is 50.6 Å². The fraction of sp³-hybridized carbons (Fsp3) is 0.381. The van der Waals surface area contributed by atoms with Crippen LogP contribution in [-0.2, 0) is 17.7 Å². The number of ether oxygens (including phenoxy) is 1. The lowest BCUT2D eigenvalue weighted by atomic mass is 10.1. The van der Waals surface area contributed by atoms with Crippen LogP contribution in [0.5, 0.6) is 0 Å². The molecule has 8 nitrogen and oxygen atoms in total. The van der Waals surface area contributed by atoms with E-state index in [9.17, 15) is 9.59 Å². The van der Waals surface area contributed by atoms with E-state index >= 15 is 0 Å². The van der Waals surface area contributed by atoms with Crippen molar-refractivity contribution < 1.29 is 14.3 Å². The van der Waals surface area contributed by atoms with Gasteiger partial charge in [0.15, 0.2) is 5.01 Å². The Bertz CT molecular complexity index is 1160. The van der Waals surface area contributed by atoms with Gasteiger partial charge in [-0.2, -0.15) is 0 Å². The number of aromatic amines is 1. The third kappa shape index (κ3) is 4.18. The Hall–Kier alpha value is -2.46. The molecular weight excluding hydrogens is 438 g/mol. The van der Waals surface area contributed by atoms with Crippen LogP contribution in [0.3, 0.4) is 0 Å². The fourth-order valence-corrected chi connectivity index (χ4v) is 5.23. The van der Waals surface area contributed by atoms with Crippen LogP contribution >= 0.6 is 22.9 Å². The maximum Gasteiger partial charge on any atom is 0.280 e. The zero-order valence-electron chi connectivity index (χ0n) is 16.9. The molecule has 0 bridgehead atoms. The van der Waals surface area contributed by atoms with Gasteiger partial charge >= 0.3 is 0 Å². The molecule has 2 amide bonds. The summed E-state index contributed by atoms with van der Waals surface area (Å²) in [5, 5.41) is 7.89.